The number of hydrogen-bond acceptors (Lipinski definition) is 6. The van der Waals surface area contributed by atoms with Crippen LogP contribution in [0.25, 0.3) is 0 Å². The molecule has 2 aliphatic rings. The standard InChI is InChI=1S/C22H31N5O6/c1-22(2,3)33-20(30)23-12-11-18(28)24-25-19(29)17-10-9-16-13-26(17)21(31)27(16)32-14-15-7-5-4-6-8-15/h4-8,16-17H,9-14H2,1-3H3,(H,23,30)(H,24,28)(H,25,29)/t16?,17-/m0/s1. The van der Waals surface area contributed by atoms with Crippen LogP contribution in [0.5, 0.6) is 0 Å². The van der Waals surface area contributed by atoms with Crippen LogP contribution in [-0.2, 0) is 25.8 Å². The second-order valence-corrected chi connectivity index (χ2v) is 8.98. The van der Waals surface area contributed by atoms with Crippen molar-refractivity contribution in [2.75, 3.05) is 13.1 Å². The molecule has 2 bridgehead atoms. The molecule has 1 aromatic carbocycles. The third-order valence-corrected chi connectivity index (χ3v) is 5.18. The van der Waals surface area contributed by atoms with Gasteiger partial charge in [-0.1, -0.05) is 30.3 Å². The lowest BCUT2D eigenvalue weighted by Crippen LogP contribution is -2.54. The minimum atomic E-state index is -0.695. The molecule has 2 atom stereocenters. The molecule has 0 aromatic heterocycles. The summed E-state index contributed by atoms with van der Waals surface area (Å²) in [4.78, 5) is 56.1. The topological polar surface area (TPSA) is 129 Å². The molecule has 180 valence electrons. The molecule has 2 heterocycles. The zero-order chi connectivity index (χ0) is 24.0. The summed E-state index contributed by atoms with van der Waals surface area (Å²) in [7, 11) is 0. The fourth-order valence-electron chi connectivity index (χ4n) is 3.66. The molecule has 2 aliphatic heterocycles. The van der Waals surface area contributed by atoms with Gasteiger partial charge in [-0.25, -0.2) is 9.59 Å². The maximum atomic E-state index is 12.8. The first kappa shape index (κ1) is 24.3. The number of nitrogens with one attached hydrogen (secondary N) is 3. The monoisotopic (exact) mass is 461 g/mol. The van der Waals surface area contributed by atoms with Gasteiger partial charge in [0.2, 0.25) is 5.91 Å². The summed E-state index contributed by atoms with van der Waals surface area (Å²) in [6.45, 7) is 5.92. The molecule has 2 fully saturated rings. The van der Waals surface area contributed by atoms with E-state index in [1.807, 2.05) is 30.3 Å². The Hall–Kier alpha value is -3.34. The number of alkyl carbamates (subject to hydrolysis) is 1. The maximum Gasteiger partial charge on any atom is 0.407 e. The van der Waals surface area contributed by atoms with E-state index >= 15 is 0 Å². The lowest BCUT2D eigenvalue weighted by molar-refractivity contribution is -0.140. The fourth-order valence-corrected chi connectivity index (χ4v) is 3.66. The van der Waals surface area contributed by atoms with Crippen LogP contribution in [0.1, 0.15) is 45.6 Å². The molecule has 0 radical (unpaired) electrons. The van der Waals surface area contributed by atoms with E-state index in [0.717, 1.165) is 5.56 Å². The Balaban J connectivity index is 1.40. The van der Waals surface area contributed by atoms with Gasteiger partial charge in [-0.3, -0.25) is 25.3 Å². The molecule has 0 saturated carbocycles. The molecule has 5 amide bonds. The number of ether oxygens (including phenoxy) is 1. The average molecular weight is 462 g/mol. The van der Waals surface area contributed by atoms with Crippen LogP contribution in [-0.4, -0.2) is 64.7 Å². The van der Waals surface area contributed by atoms with Gasteiger partial charge in [-0.15, -0.1) is 0 Å². The van der Waals surface area contributed by atoms with Crippen molar-refractivity contribution in [3.8, 4) is 0 Å². The molecule has 1 unspecified atom stereocenters. The first-order chi connectivity index (χ1) is 15.6. The summed E-state index contributed by atoms with van der Waals surface area (Å²) in [5, 5.41) is 3.82. The molecule has 3 N–H and O–H groups in total. The summed E-state index contributed by atoms with van der Waals surface area (Å²) in [5.41, 5.74) is 5.00. The Morgan fingerprint density at radius 3 is 2.52 bits per heavy atom. The second-order valence-electron chi connectivity index (χ2n) is 8.98. The van der Waals surface area contributed by atoms with Crippen molar-refractivity contribution >= 4 is 23.9 Å². The predicted molar refractivity (Wildman–Crippen MR) is 117 cm³/mol. The Labute approximate surface area is 192 Å². The van der Waals surface area contributed by atoms with E-state index < -0.39 is 29.6 Å². The third kappa shape index (κ3) is 6.82. The molecule has 33 heavy (non-hydrogen) atoms. The van der Waals surface area contributed by atoms with Gasteiger partial charge in [0.1, 0.15) is 18.2 Å². The summed E-state index contributed by atoms with van der Waals surface area (Å²) < 4.78 is 5.08. The Kier molecular flexibility index (Phi) is 7.75. The Bertz CT molecular complexity index is 872. The number of carbonyl (C=O) groups excluding carboxylic acids is 4. The van der Waals surface area contributed by atoms with E-state index in [0.29, 0.717) is 19.4 Å². The SMILES string of the molecule is CC(C)(C)OC(=O)NCCC(=O)NNC(=O)[C@@H]1CCC2CN1C(=O)N2OCc1ccccc1. The van der Waals surface area contributed by atoms with Crippen molar-refractivity contribution in [1.82, 2.24) is 26.1 Å². The number of amides is 5. The van der Waals surface area contributed by atoms with Crippen molar-refractivity contribution in [1.29, 1.82) is 0 Å². The highest BCUT2D eigenvalue weighted by Gasteiger charge is 2.48. The number of piperidine rings is 1. The normalized spacial score (nSPS) is 19.8. The number of fused-ring (bicyclic) bond motifs is 2. The summed E-state index contributed by atoms with van der Waals surface area (Å²) in [5.74, 6) is -0.950. The molecule has 1 aromatic rings. The number of hydroxylamine groups is 2. The van der Waals surface area contributed by atoms with Crippen LogP contribution in [0.2, 0.25) is 0 Å². The van der Waals surface area contributed by atoms with Gasteiger partial charge in [0.05, 0.1) is 6.04 Å². The maximum absolute atomic E-state index is 12.8. The van der Waals surface area contributed by atoms with Crippen molar-refractivity contribution < 1.29 is 28.8 Å². The van der Waals surface area contributed by atoms with Gasteiger partial charge in [0, 0.05) is 19.5 Å². The number of hydrogen-bond donors (Lipinski definition) is 3. The molecule has 0 aliphatic carbocycles. The van der Waals surface area contributed by atoms with Crippen LogP contribution in [0.4, 0.5) is 9.59 Å². The van der Waals surface area contributed by atoms with E-state index in [1.54, 1.807) is 20.8 Å². The first-order valence-corrected chi connectivity index (χ1v) is 11.0. The highest BCUT2D eigenvalue weighted by molar-refractivity contribution is 5.90. The van der Waals surface area contributed by atoms with E-state index in [-0.39, 0.29) is 31.6 Å². The molecular formula is C22H31N5O6. The zero-order valence-corrected chi connectivity index (χ0v) is 19.1. The van der Waals surface area contributed by atoms with Gasteiger partial charge in [0.25, 0.3) is 5.91 Å². The van der Waals surface area contributed by atoms with Gasteiger partial charge in [0.15, 0.2) is 0 Å². The molecule has 0 spiro atoms. The van der Waals surface area contributed by atoms with E-state index in [4.69, 9.17) is 9.57 Å². The summed E-state index contributed by atoms with van der Waals surface area (Å²) in [6, 6.07) is 8.36. The van der Waals surface area contributed by atoms with Crippen LogP contribution in [0.3, 0.4) is 0 Å². The highest BCUT2D eigenvalue weighted by Crippen LogP contribution is 2.30. The third-order valence-electron chi connectivity index (χ3n) is 5.18. The van der Waals surface area contributed by atoms with Crippen molar-refractivity contribution in [2.24, 2.45) is 0 Å². The number of hydrazine groups is 1. The molecule has 2 saturated heterocycles. The molecule has 11 heteroatoms. The predicted octanol–water partition coefficient (Wildman–Crippen LogP) is 1.45. The first-order valence-electron chi connectivity index (χ1n) is 11.0. The van der Waals surface area contributed by atoms with Gasteiger partial charge in [-0.2, -0.15) is 5.06 Å². The fraction of sp³-hybridized carbons (Fsp3) is 0.545. The van der Waals surface area contributed by atoms with Gasteiger partial charge >= 0.3 is 12.1 Å². The van der Waals surface area contributed by atoms with Crippen molar-refractivity contribution in [2.45, 2.75) is 64.3 Å². The van der Waals surface area contributed by atoms with Gasteiger partial charge < -0.3 is 15.0 Å². The smallest absolute Gasteiger partial charge is 0.407 e. The lowest BCUT2D eigenvalue weighted by Gasteiger charge is -2.29. The summed E-state index contributed by atoms with van der Waals surface area (Å²) >= 11 is 0. The van der Waals surface area contributed by atoms with Crippen molar-refractivity contribution in [3.63, 3.8) is 0 Å². The van der Waals surface area contributed by atoms with Crippen molar-refractivity contribution in [3.05, 3.63) is 35.9 Å². The van der Waals surface area contributed by atoms with E-state index in [2.05, 4.69) is 16.2 Å². The van der Waals surface area contributed by atoms with Crippen LogP contribution >= 0.6 is 0 Å². The van der Waals surface area contributed by atoms with Gasteiger partial charge in [-0.05, 0) is 39.2 Å². The largest absolute Gasteiger partial charge is 0.444 e. The molecular weight excluding hydrogens is 430 g/mol. The van der Waals surface area contributed by atoms with Crippen LogP contribution < -0.4 is 16.2 Å². The summed E-state index contributed by atoms with van der Waals surface area (Å²) in [6.07, 6.45) is 0.408. The molecule has 11 nitrogen and oxygen atoms in total. The number of carbonyl (C=O) groups is 4. The van der Waals surface area contributed by atoms with E-state index in [9.17, 15) is 19.2 Å². The number of nitrogens with zero attached hydrogens (tertiary/aromatic N) is 2. The number of urea groups is 1. The lowest BCUT2D eigenvalue weighted by atomic mass is 10.0. The second kappa shape index (κ2) is 10.5. The Morgan fingerprint density at radius 2 is 1.82 bits per heavy atom. The number of rotatable bonds is 7. The minimum Gasteiger partial charge on any atom is -0.444 e. The average Bonchev–Trinajstić information content (AvgIpc) is 2.99. The number of benzene rings is 1. The highest BCUT2D eigenvalue weighted by atomic mass is 16.7. The van der Waals surface area contributed by atoms with E-state index in [1.165, 1.54) is 9.96 Å². The van der Waals surface area contributed by atoms with Crippen LogP contribution in [0.15, 0.2) is 30.3 Å². The minimum absolute atomic E-state index is 0.0456. The van der Waals surface area contributed by atoms with Crippen LogP contribution in [0, 0.1) is 0 Å². The molecule has 3 rings (SSSR count). The Morgan fingerprint density at radius 1 is 1.09 bits per heavy atom. The quantitative estimate of drug-likeness (QED) is 0.527. The zero-order valence-electron chi connectivity index (χ0n) is 19.1.